The lowest BCUT2D eigenvalue weighted by molar-refractivity contribution is -0.607. The third-order valence-electron chi connectivity index (χ3n) is 9.81. The van der Waals surface area contributed by atoms with Crippen LogP contribution in [0.15, 0.2) is 48.7 Å². The van der Waals surface area contributed by atoms with E-state index in [1.54, 1.807) is 18.2 Å². The van der Waals surface area contributed by atoms with Gasteiger partial charge in [0.1, 0.15) is 6.04 Å². The van der Waals surface area contributed by atoms with Gasteiger partial charge < -0.3 is 30.5 Å². The molecule has 1 aromatic carbocycles. The number of aromatic nitrogens is 1. The Morgan fingerprint density at radius 1 is 1.05 bits per heavy atom. The number of hydrogen-bond acceptors (Lipinski definition) is 6. The lowest BCUT2D eigenvalue weighted by Crippen LogP contribution is -2.65. The van der Waals surface area contributed by atoms with E-state index >= 15 is 0 Å². The highest BCUT2D eigenvalue weighted by Crippen LogP contribution is 2.65. The number of pyridine rings is 1. The Kier molecular flexibility index (Phi) is 8.60. The molecule has 4 aliphatic rings. The zero-order chi connectivity index (χ0) is 31.1. The molecule has 2 aromatic rings. The molecule has 4 fully saturated rings. The van der Waals surface area contributed by atoms with Gasteiger partial charge in [0.15, 0.2) is 6.20 Å². The van der Waals surface area contributed by atoms with Gasteiger partial charge in [-0.25, -0.2) is 0 Å². The van der Waals surface area contributed by atoms with Crippen molar-refractivity contribution < 1.29 is 28.4 Å². The van der Waals surface area contributed by atoms with Crippen LogP contribution in [0, 0.1) is 35.3 Å². The van der Waals surface area contributed by atoms with Crippen LogP contribution in [0.5, 0.6) is 0 Å². The second-order valence-electron chi connectivity index (χ2n) is 13.6. The Labute approximate surface area is 254 Å². The van der Waals surface area contributed by atoms with Crippen molar-refractivity contribution in [3.05, 3.63) is 70.7 Å². The van der Waals surface area contributed by atoms with E-state index in [0.717, 1.165) is 18.4 Å². The molecule has 1 aliphatic heterocycles. The average Bonchev–Trinajstić information content (AvgIpc) is 3.32. The fraction of sp³-hybridized carbons (Fsp3) is 0.562. The van der Waals surface area contributed by atoms with Crippen molar-refractivity contribution >= 4 is 24.8 Å². The van der Waals surface area contributed by atoms with Crippen molar-refractivity contribution in [1.29, 1.82) is 0 Å². The van der Waals surface area contributed by atoms with E-state index in [1.165, 1.54) is 18.3 Å². The molecule has 0 unspecified atom stereocenters. The number of carbonyl (C=O) groups is 3. The molecule has 3 aliphatic carbocycles. The topological polar surface area (TPSA) is 133 Å². The number of nitrogens with zero attached hydrogens (tertiary/aromatic N) is 1. The molecule has 43 heavy (non-hydrogen) atoms. The maximum Gasteiger partial charge on any atom is 0.481 e. The molecule has 2 bridgehead atoms. The molecule has 230 valence electrons. The van der Waals surface area contributed by atoms with E-state index in [9.17, 15) is 19.6 Å². The minimum absolute atomic E-state index is 0.0456. The third kappa shape index (κ3) is 6.15. The first-order valence-electron chi connectivity index (χ1n) is 15.3. The molecule has 0 spiro atoms. The first-order valence-corrected chi connectivity index (χ1v) is 15.3. The van der Waals surface area contributed by atoms with Gasteiger partial charge in [-0.3, -0.25) is 14.4 Å². The van der Waals surface area contributed by atoms with Crippen LogP contribution in [0.4, 0.5) is 0 Å². The Morgan fingerprint density at radius 2 is 1.77 bits per heavy atom. The second kappa shape index (κ2) is 11.9. The van der Waals surface area contributed by atoms with Crippen molar-refractivity contribution in [1.82, 2.24) is 16.0 Å². The van der Waals surface area contributed by atoms with Crippen molar-refractivity contribution in [3.63, 3.8) is 0 Å². The average molecular weight is 591 g/mol. The summed E-state index contributed by atoms with van der Waals surface area (Å²) in [7, 11) is -0.645. The van der Waals surface area contributed by atoms with Gasteiger partial charge in [-0.2, -0.15) is 4.73 Å². The highest BCUT2D eigenvalue weighted by atomic mass is 16.7. The minimum Gasteiger partial charge on any atom is -0.618 e. The first kappa shape index (κ1) is 31.0. The zero-order valence-electron chi connectivity index (χ0n) is 25.9. The standard InChI is InChI=1S/C32H43BN4O6/c1-19(2)15-27(33-42-26-17-22-16-25(31(22,4)5)32(26,6)43-33)36-29(39)23(35-30(40)24-9-7-8-14-37(24)41)18-34-28(38)21-12-10-20(3)11-13-21/h7-14,19,22-23,25-27H,15-18H2,1-6H3,(H,34,38)(H,35,40)(H,36,39)/t22-,23-,25-,26+,27-,32-/m0/s1. The summed E-state index contributed by atoms with van der Waals surface area (Å²) in [6.07, 6.45) is 3.80. The van der Waals surface area contributed by atoms with Crippen LogP contribution < -0.4 is 20.7 Å². The van der Waals surface area contributed by atoms with Gasteiger partial charge >= 0.3 is 13.0 Å². The first-order chi connectivity index (χ1) is 20.3. The molecular formula is C32H43BN4O6. The molecule has 2 heterocycles. The molecular weight excluding hydrogens is 547 g/mol. The van der Waals surface area contributed by atoms with E-state index in [2.05, 4.69) is 50.6 Å². The number of amides is 3. The van der Waals surface area contributed by atoms with Crippen molar-refractivity contribution in [2.75, 3.05) is 6.54 Å². The van der Waals surface area contributed by atoms with Crippen LogP contribution in [0.1, 0.15) is 80.3 Å². The highest BCUT2D eigenvalue weighted by Gasteiger charge is 2.68. The Hall–Kier alpha value is -3.44. The molecule has 6 rings (SSSR count). The van der Waals surface area contributed by atoms with Crippen LogP contribution in [0.2, 0.25) is 0 Å². The van der Waals surface area contributed by atoms with Crippen LogP contribution in [0.3, 0.4) is 0 Å². The summed E-state index contributed by atoms with van der Waals surface area (Å²) in [6.45, 7) is 12.6. The van der Waals surface area contributed by atoms with Gasteiger partial charge in [0.2, 0.25) is 5.91 Å². The fourth-order valence-corrected chi connectivity index (χ4v) is 7.15. The van der Waals surface area contributed by atoms with Crippen LogP contribution in [0.25, 0.3) is 0 Å². The summed E-state index contributed by atoms with van der Waals surface area (Å²) in [5.41, 5.74) is 1.02. The molecule has 1 saturated heterocycles. The Morgan fingerprint density at radius 3 is 2.42 bits per heavy atom. The van der Waals surface area contributed by atoms with E-state index in [4.69, 9.17) is 9.31 Å². The second-order valence-corrected chi connectivity index (χ2v) is 13.6. The number of aryl methyl sites for hydroxylation is 1. The molecule has 11 heteroatoms. The SMILES string of the molecule is Cc1ccc(C(=O)NC[C@H](NC(=O)c2cccc[n+]2[O-])C(=O)N[C@@H](CC(C)C)B2O[C@@H]3C[C@@H]4C[C@@H](C4(C)C)[C@]3(C)O2)cc1. The summed E-state index contributed by atoms with van der Waals surface area (Å²) < 4.78 is 13.6. The maximum absolute atomic E-state index is 13.8. The molecule has 0 radical (unpaired) electrons. The fourth-order valence-electron chi connectivity index (χ4n) is 7.15. The summed E-state index contributed by atoms with van der Waals surface area (Å²) in [4.78, 5) is 39.8. The summed E-state index contributed by atoms with van der Waals surface area (Å²) in [5, 5.41) is 20.7. The Bertz CT molecular complexity index is 1370. The summed E-state index contributed by atoms with van der Waals surface area (Å²) >= 11 is 0. The Balaban J connectivity index is 1.33. The smallest absolute Gasteiger partial charge is 0.481 e. The lowest BCUT2D eigenvalue weighted by atomic mass is 9.43. The number of hydrogen-bond donors (Lipinski definition) is 3. The van der Waals surface area contributed by atoms with Gasteiger partial charge in [-0.05, 0) is 74.5 Å². The van der Waals surface area contributed by atoms with Crippen molar-refractivity contribution in [2.45, 2.75) is 84.5 Å². The molecule has 6 atom stereocenters. The lowest BCUT2D eigenvalue weighted by Gasteiger charge is -2.64. The zero-order valence-corrected chi connectivity index (χ0v) is 25.9. The number of nitrogens with one attached hydrogen (secondary N) is 3. The molecule has 3 saturated carbocycles. The normalized spacial score (nSPS) is 26.6. The van der Waals surface area contributed by atoms with E-state index < -0.39 is 36.5 Å². The van der Waals surface area contributed by atoms with E-state index in [0.29, 0.717) is 28.6 Å². The van der Waals surface area contributed by atoms with Crippen LogP contribution in [-0.2, 0) is 14.1 Å². The van der Waals surface area contributed by atoms with Gasteiger partial charge in [-0.15, -0.1) is 0 Å². The number of rotatable bonds is 10. The predicted octanol–water partition coefficient (Wildman–Crippen LogP) is 2.96. The maximum atomic E-state index is 13.8. The van der Waals surface area contributed by atoms with Crippen LogP contribution >= 0.6 is 0 Å². The summed E-state index contributed by atoms with van der Waals surface area (Å²) in [6, 6.07) is 10.3. The van der Waals surface area contributed by atoms with Gasteiger partial charge in [-0.1, -0.05) is 45.4 Å². The van der Waals surface area contributed by atoms with Gasteiger partial charge in [0.05, 0.1) is 17.6 Å². The predicted molar refractivity (Wildman–Crippen MR) is 162 cm³/mol. The quantitative estimate of drug-likeness (QED) is 0.222. The molecule has 3 amide bonds. The van der Waals surface area contributed by atoms with Crippen LogP contribution in [-0.4, -0.2) is 55.1 Å². The summed E-state index contributed by atoms with van der Waals surface area (Å²) in [5.74, 6) is -0.916. The van der Waals surface area contributed by atoms with Gasteiger partial charge in [0.25, 0.3) is 11.6 Å². The third-order valence-corrected chi connectivity index (χ3v) is 9.81. The molecule has 1 aromatic heterocycles. The molecule has 3 N–H and O–H groups in total. The number of benzene rings is 1. The monoisotopic (exact) mass is 590 g/mol. The van der Waals surface area contributed by atoms with Crippen molar-refractivity contribution in [2.24, 2.45) is 23.2 Å². The van der Waals surface area contributed by atoms with E-state index in [1.807, 2.05) is 19.1 Å². The number of carbonyl (C=O) groups excluding carboxylic acids is 3. The molecule has 10 nitrogen and oxygen atoms in total. The minimum atomic E-state index is -1.16. The largest absolute Gasteiger partial charge is 0.618 e. The highest BCUT2D eigenvalue weighted by molar-refractivity contribution is 6.48. The van der Waals surface area contributed by atoms with Crippen molar-refractivity contribution in [3.8, 4) is 0 Å². The van der Waals surface area contributed by atoms with Gasteiger partial charge in [0, 0.05) is 24.2 Å². The van der Waals surface area contributed by atoms with E-state index in [-0.39, 0.29) is 35.6 Å².